The number of carbonyl (C=O) groups excluding carboxylic acids is 1. The maximum atomic E-state index is 10.6. The van der Waals surface area contributed by atoms with Crippen LogP contribution in [0.3, 0.4) is 0 Å². The SMILES string of the molecule is Nc1oc(C=O)cc1Cc1cc2ccccc2o1. The number of carbonyl (C=O) groups is 1. The zero-order chi connectivity index (χ0) is 12.5. The molecular weight excluding hydrogens is 230 g/mol. The van der Waals surface area contributed by atoms with Crippen LogP contribution in [0, 0.1) is 0 Å². The molecule has 0 radical (unpaired) electrons. The second-order valence-electron chi connectivity index (χ2n) is 4.08. The quantitative estimate of drug-likeness (QED) is 0.715. The predicted octanol–water partition coefficient (Wildman–Crippen LogP) is 3.01. The van der Waals surface area contributed by atoms with Gasteiger partial charge in [0, 0.05) is 17.4 Å². The summed E-state index contributed by atoms with van der Waals surface area (Å²) in [7, 11) is 0. The highest BCUT2D eigenvalue weighted by Crippen LogP contribution is 2.24. The molecule has 4 nitrogen and oxygen atoms in total. The van der Waals surface area contributed by atoms with Gasteiger partial charge in [-0.25, -0.2) is 0 Å². The van der Waals surface area contributed by atoms with E-state index >= 15 is 0 Å². The molecule has 1 aromatic carbocycles. The Balaban J connectivity index is 1.95. The van der Waals surface area contributed by atoms with Gasteiger partial charge in [0.25, 0.3) is 0 Å². The molecule has 0 saturated carbocycles. The van der Waals surface area contributed by atoms with Crippen LogP contribution in [0.25, 0.3) is 11.0 Å². The molecule has 0 aliphatic carbocycles. The standard InChI is InChI=1S/C14H11NO3/c15-14-10(7-12(8-16)18-14)6-11-5-9-3-1-2-4-13(9)17-11/h1-5,7-8H,6,15H2. The van der Waals surface area contributed by atoms with Crippen molar-refractivity contribution in [2.75, 3.05) is 5.73 Å². The second-order valence-corrected chi connectivity index (χ2v) is 4.08. The fourth-order valence-corrected chi connectivity index (χ4v) is 1.97. The highest BCUT2D eigenvalue weighted by atomic mass is 16.4. The largest absolute Gasteiger partial charge is 0.461 e. The maximum absolute atomic E-state index is 10.6. The van der Waals surface area contributed by atoms with E-state index in [2.05, 4.69) is 0 Å². The Labute approximate surface area is 103 Å². The van der Waals surface area contributed by atoms with Crippen molar-refractivity contribution in [2.24, 2.45) is 0 Å². The first-order chi connectivity index (χ1) is 8.76. The zero-order valence-corrected chi connectivity index (χ0v) is 9.55. The predicted molar refractivity (Wildman–Crippen MR) is 67.5 cm³/mol. The Morgan fingerprint density at radius 3 is 2.72 bits per heavy atom. The number of hydrogen-bond acceptors (Lipinski definition) is 4. The lowest BCUT2D eigenvalue weighted by atomic mass is 10.1. The highest BCUT2D eigenvalue weighted by Gasteiger charge is 2.11. The molecule has 0 unspecified atom stereocenters. The molecule has 0 saturated heterocycles. The van der Waals surface area contributed by atoms with Gasteiger partial charge in [0.15, 0.2) is 17.9 Å². The Kier molecular flexibility index (Phi) is 2.41. The van der Waals surface area contributed by atoms with E-state index in [1.54, 1.807) is 6.07 Å². The van der Waals surface area contributed by atoms with E-state index in [0.29, 0.717) is 12.7 Å². The van der Waals surface area contributed by atoms with Gasteiger partial charge >= 0.3 is 0 Å². The van der Waals surface area contributed by atoms with Crippen LogP contribution in [0.2, 0.25) is 0 Å². The van der Waals surface area contributed by atoms with Crippen molar-refractivity contribution in [1.82, 2.24) is 0 Å². The molecule has 3 aromatic rings. The molecule has 2 N–H and O–H groups in total. The van der Waals surface area contributed by atoms with Gasteiger partial charge in [-0.2, -0.15) is 0 Å². The molecule has 0 fully saturated rings. The summed E-state index contributed by atoms with van der Waals surface area (Å²) in [5, 5.41) is 1.05. The van der Waals surface area contributed by atoms with Gasteiger partial charge in [-0.15, -0.1) is 0 Å². The Bertz CT molecular complexity index is 676. The van der Waals surface area contributed by atoms with Crippen LogP contribution < -0.4 is 5.73 Å². The second kappa shape index (κ2) is 4.07. The van der Waals surface area contributed by atoms with Gasteiger partial charge in [-0.05, 0) is 18.2 Å². The molecule has 0 aliphatic rings. The number of benzene rings is 1. The maximum Gasteiger partial charge on any atom is 0.194 e. The van der Waals surface area contributed by atoms with Crippen LogP contribution in [0.15, 0.2) is 45.2 Å². The molecule has 0 atom stereocenters. The summed E-state index contributed by atoms with van der Waals surface area (Å²) in [6, 6.07) is 11.4. The highest BCUT2D eigenvalue weighted by molar-refractivity contribution is 5.78. The average Bonchev–Trinajstić information content (AvgIpc) is 2.93. The van der Waals surface area contributed by atoms with Crippen LogP contribution in [0.1, 0.15) is 21.9 Å². The molecule has 2 aromatic heterocycles. The monoisotopic (exact) mass is 241 g/mol. The smallest absolute Gasteiger partial charge is 0.194 e. The van der Waals surface area contributed by atoms with E-state index in [4.69, 9.17) is 14.6 Å². The first-order valence-electron chi connectivity index (χ1n) is 5.57. The van der Waals surface area contributed by atoms with Gasteiger partial charge in [-0.1, -0.05) is 18.2 Å². The Morgan fingerprint density at radius 2 is 2.00 bits per heavy atom. The molecule has 0 bridgehead atoms. The van der Waals surface area contributed by atoms with Crippen LogP contribution >= 0.6 is 0 Å². The third kappa shape index (κ3) is 1.78. The number of rotatable bonds is 3. The summed E-state index contributed by atoms with van der Waals surface area (Å²) in [5.74, 6) is 1.29. The van der Waals surface area contributed by atoms with Crippen molar-refractivity contribution in [3.8, 4) is 0 Å². The summed E-state index contributed by atoms with van der Waals surface area (Å²) in [6.45, 7) is 0. The molecule has 4 heteroatoms. The minimum Gasteiger partial charge on any atom is -0.461 e. The molecular formula is C14H11NO3. The summed E-state index contributed by atoms with van der Waals surface area (Å²) >= 11 is 0. The normalized spacial score (nSPS) is 10.9. The third-order valence-electron chi connectivity index (χ3n) is 2.82. The summed E-state index contributed by atoms with van der Waals surface area (Å²) in [4.78, 5) is 10.6. The molecule has 0 amide bonds. The lowest BCUT2D eigenvalue weighted by Crippen LogP contribution is -1.89. The van der Waals surface area contributed by atoms with Crippen molar-refractivity contribution in [1.29, 1.82) is 0 Å². The number of para-hydroxylation sites is 1. The molecule has 90 valence electrons. The van der Waals surface area contributed by atoms with Crippen molar-refractivity contribution < 1.29 is 13.6 Å². The first kappa shape index (κ1) is 10.7. The van der Waals surface area contributed by atoms with Gasteiger partial charge in [0.1, 0.15) is 11.3 Å². The van der Waals surface area contributed by atoms with Gasteiger partial charge in [0.2, 0.25) is 0 Å². The molecule has 0 aliphatic heterocycles. The van der Waals surface area contributed by atoms with E-state index in [9.17, 15) is 4.79 Å². The average molecular weight is 241 g/mol. The van der Waals surface area contributed by atoms with Crippen molar-refractivity contribution in [2.45, 2.75) is 6.42 Å². The van der Waals surface area contributed by atoms with Crippen molar-refractivity contribution >= 4 is 23.1 Å². The van der Waals surface area contributed by atoms with Crippen LogP contribution in [0.5, 0.6) is 0 Å². The summed E-state index contributed by atoms with van der Waals surface area (Å²) in [5.41, 5.74) is 7.29. The topological polar surface area (TPSA) is 69.4 Å². The van der Waals surface area contributed by atoms with E-state index in [-0.39, 0.29) is 11.6 Å². The summed E-state index contributed by atoms with van der Waals surface area (Å²) in [6.07, 6.45) is 1.15. The van der Waals surface area contributed by atoms with Gasteiger partial charge < -0.3 is 14.6 Å². The number of nitrogens with two attached hydrogens (primary N) is 1. The fraction of sp³-hybridized carbons (Fsp3) is 0.0714. The molecule has 0 spiro atoms. The van der Waals surface area contributed by atoms with E-state index in [0.717, 1.165) is 22.3 Å². The number of aldehydes is 1. The lowest BCUT2D eigenvalue weighted by Gasteiger charge is -1.93. The first-order valence-corrected chi connectivity index (χ1v) is 5.57. The number of anilines is 1. The minimum absolute atomic E-state index is 0.235. The Morgan fingerprint density at radius 1 is 1.17 bits per heavy atom. The number of furan rings is 2. The van der Waals surface area contributed by atoms with E-state index < -0.39 is 0 Å². The number of fused-ring (bicyclic) bond motifs is 1. The number of nitrogen functional groups attached to an aromatic ring is 1. The molecule has 18 heavy (non-hydrogen) atoms. The van der Waals surface area contributed by atoms with Gasteiger partial charge in [-0.3, -0.25) is 4.79 Å². The van der Waals surface area contributed by atoms with Crippen LogP contribution in [0.4, 0.5) is 5.88 Å². The third-order valence-corrected chi connectivity index (χ3v) is 2.82. The van der Waals surface area contributed by atoms with Crippen LogP contribution in [-0.4, -0.2) is 6.29 Å². The Hall–Kier alpha value is -2.49. The van der Waals surface area contributed by atoms with E-state index in [1.165, 1.54) is 0 Å². The number of hydrogen-bond donors (Lipinski definition) is 1. The van der Waals surface area contributed by atoms with Crippen LogP contribution in [-0.2, 0) is 6.42 Å². The fourth-order valence-electron chi connectivity index (χ4n) is 1.97. The van der Waals surface area contributed by atoms with Gasteiger partial charge in [0.05, 0.1) is 0 Å². The van der Waals surface area contributed by atoms with E-state index in [1.807, 2.05) is 30.3 Å². The minimum atomic E-state index is 0.235. The zero-order valence-electron chi connectivity index (χ0n) is 9.55. The van der Waals surface area contributed by atoms with Crippen molar-refractivity contribution in [3.63, 3.8) is 0 Å². The summed E-state index contributed by atoms with van der Waals surface area (Å²) < 4.78 is 10.8. The molecule has 3 rings (SSSR count). The lowest BCUT2D eigenvalue weighted by molar-refractivity contribution is 0.110. The van der Waals surface area contributed by atoms with Crippen molar-refractivity contribution in [3.05, 3.63) is 53.5 Å². The molecule has 2 heterocycles.